The van der Waals surface area contributed by atoms with Crippen LogP contribution in [0.3, 0.4) is 0 Å². The Morgan fingerprint density at radius 1 is 1.39 bits per heavy atom. The second kappa shape index (κ2) is 8.82. The molecule has 3 heterocycles. The number of carbonyl (C=O) groups excluding carboxylic acids is 1. The van der Waals surface area contributed by atoms with Crippen LogP contribution in [0.25, 0.3) is 11.2 Å². The van der Waals surface area contributed by atoms with E-state index < -0.39 is 24.5 Å². The van der Waals surface area contributed by atoms with E-state index in [2.05, 4.69) is 37.9 Å². The summed E-state index contributed by atoms with van der Waals surface area (Å²) >= 11 is 8.28. The lowest BCUT2D eigenvalue weighted by Gasteiger charge is -2.12. The summed E-state index contributed by atoms with van der Waals surface area (Å²) in [6, 6.07) is 7.96. The minimum Gasteiger partial charge on any atom is -0.387 e. The van der Waals surface area contributed by atoms with E-state index in [1.807, 2.05) is 28.8 Å². The highest BCUT2D eigenvalue weighted by Gasteiger charge is 2.47. The highest BCUT2D eigenvalue weighted by atomic mass is 127. The lowest BCUT2D eigenvalue weighted by molar-refractivity contribution is -0.745. The summed E-state index contributed by atoms with van der Waals surface area (Å²) < 4.78 is 10.3. The number of halogens is 2. The zero-order chi connectivity index (χ0) is 22.3. The molecule has 1 aromatic carbocycles. The molecule has 1 fully saturated rings. The Labute approximate surface area is 196 Å². The first-order valence-corrected chi connectivity index (χ1v) is 10.9. The minimum absolute atomic E-state index is 0.0549. The van der Waals surface area contributed by atoms with E-state index in [0.29, 0.717) is 17.7 Å². The molecule has 3 aromatic rings. The zero-order valence-electron chi connectivity index (χ0n) is 16.4. The van der Waals surface area contributed by atoms with Crippen molar-refractivity contribution in [3.8, 4) is 0 Å². The van der Waals surface area contributed by atoms with Gasteiger partial charge < -0.3 is 26.0 Å². The zero-order valence-corrected chi connectivity index (χ0v) is 19.4. The molecule has 164 valence electrons. The average molecular weight is 560 g/mol. The number of nitrogens with zero attached hydrogens (tertiary/aromatic N) is 4. The van der Waals surface area contributed by atoms with Crippen LogP contribution in [-0.2, 0) is 16.1 Å². The van der Waals surface area contributed by atoms with Crippen LogP contribution in [0.2, 0.25) is 5.28 Å². The lowest BCUT2D eigenvalue weighted by atomic mass is 10.1. The standard InChI is InChI=1S/C19H20ClIN6O4/c1-23-12(28)6-11-14(29)15(30)18(31-11)27-8-26(7-9-3-2-4-10(21)5-9)13-16(22)24-19(20)25-17(13)27/h2-5,8,11,14-15,18,29-30H,6-7H2,1H3,(H2-,22,23,24,25,28)/p+1/t11-,14-,15-,18-/m1/s1. The summed E-state index contributed by atoms with van der Waals surface area (Å²) in [5, 5.41) is 23.5. The Morgan fingerprint density at radius 2 is 2.16 bits per heavy atom. The van der Waals surface area contributed by atoms with Gasteiger partial charge in [0.2, 0.25) is 17.7 Å². The number of nitrogens with two attached hydrogens (primary N) is 1. The van der Waals surface area contributed by atoms with E-state index >= 15 is 0 Å². The summed E-state index contributed by atoms with van der Waals surface area (Å²) in [5.41, 5.74) is 8.04. The van der Waals surface area contributed by atoms with Gasteiger partial charge in [-0.1, -0.05) is 17.1 Å². The molecule has 5 N–H and O–H groups in total. The molecule has 12 heteroatoms. The summed E-state index contributed by atoms with van der Waals surface area (Å²) in [4.78, 5) is 20.1. The molecule has 1 aliphatic heterocycles. The number of benzene rings is 1. The predicted molar refractivity (Wildman–Crippen MR) is 120 cm³/mol. The minimum atomic E-state index is -1.29. The van der Waals surface area contributed by atoms with E-state index in [9.17, 15) is 15.0 Å². The van der Waals surface area contributed by atoms with Crippen LogP contribution >= 0.6 is 34.2 Å². The van der Waals surface area contributed by atoms with Gasteiger partial charge in [0, 0.05) is 10.6 Å². The highest BCUT2D eigenvalue weighted by molar-refractivity contribution is 14.1. The molecule has 0 aliphatic carbocycles. The fourth-order valence-electron chi connectivity index (χ4n) is 3.70. The third-order valence-corrected chi connectivity index (χ3v) is 6.02. The molecular weight excluding hydrogens is 539 g/mol. The predicted octanol–water partition coefficient (Wildman–Crippen LogP) is 0.363. The van der Waals surface area contributed by atoms with E-state index in [-0.39, 0.29) is 23.4 Å². The highest BCUT2D eigenvalue weighted by Crippen LogP contribution is 2.30. The second-order valence-electron chi connectivity index (χ2n) is 7.25. The number of fused-ring (bicyclic) bond motifs is 1. The van der Waals surface area contributed by atoms with Crippen LogP contribution in [0.5, 0.6) is 0 Å². The summed E-state index contributed by atoms with van der Waals surface area (Å²) in [6.07, 6.45) is -2.81. The molecule has 31 heavy (non-hydrogen) atoms. The van der Waals surface area contributed by atoms with Gasteiger partial charge in [0.1, 0.15) is 12.2 Å². The van der Waals surface area contributed by atoms with E-state index in [1.54, 1.807) is 10.9 Å². The van der Waals surface area contributed by atoms with Gasteiger partial charge in [0.25, 0.3) is 0 Å². The molecule has 0 saturated carbocycles. The summed E-state index contributed by atoms with van der Waals surface area (Å²) in [5.74, 6) is -0.132. The maximum Gasteiger partial charge on any atom is 0.311 e. The van der Waals surface area contributed by atoms with Gasteiger partial charge in [0.15, 0.2) is 12.1 Å². The van der Waals surface area contributed by atoms with Crippen molar-refractivity contribution in [2.75, 3.05) is 12.8 Å². The van der Waals surface area contributed by atoms with E-state index in [1.165, 1.54) is 7.05 Å². The first-order chi connectivity index (χ1) is 14.8. The van der Waals surface area contributed by atoms with Crippen LogP contribution in [0, 0.1) is 3.57 Å². The van der Waals surface area contributed by atoms with Crippen molar-refractivity contribution >= 4 is 57.1 Å². The first-order valence-electron chi connectivity index (χ1n) is 9.48. The lowest BCUT2D eigenvalue weighted by Crippen LogP contribution is -2.46. The molecule has 0 spiro atoms. The molecular formula is C19H21ClIN6O4+. The topological polar surface area (TPSA) is 139 Å². The van der Waals surface area contributed by atoms with Gasteiger partial charge in [-0.25, -0.2) is 4.57 Å². The van der Waals surface area contributed by atoms with Crippen molar-refractivity contribution in [3.63, 3.8) is 0 Å². The number of ether oxygens (including phenoxy) is 1. The second-order valence-corrected chi connectivity index (χ2v) is 8.84. The number of aliphatic hydroxyl groups is 2. The normalized spacial score (nSPS) is 23.4. The van der Waals surface area contributed by atoms with Crippen LogP contribution in [-0.4, -0.2) is 56.0 Å². The van der Waals surface area contributed by atoms with Crippen LogP contribution < -0.4 is 15.6 Å². The Balaban J connectivity index is 1.77. The van der Waals surface area contributed by atoms with Crippen LogP contribution in [0.15, 0.2) is 30.6 Å². The number of nitrogen functional groups attached to an aromatic ring is 1. The van der Waals surface area contributed by atoms with Crippen molar-refractivity contribution < 1.29 is 24.3 Å². The molecule has 4 atom stereocenters. The van der Waals surface area contributed by atoms with Gasteiger partial charge in [0.05, 0.1) is 19.1 Å². The van der Waals surface area contributed by atoms with Gasteiger partial charge in [-0.15, -0.1) is 0 Å². The molecule has 0 unspecified atom stereocenters. The smallest absolute Gasteiger partial charge is 0.311 e. The summed E-state index contributed by atoms with van der Waals surface area (Å²) in [6.45, 7) is 0.461. The Morgan fingerprint density at radius 3 is 2.87 bits per heavy atom. The molecule has 0 bridgehead atoms. The third-order valence-electron chi connectivity index (χ3n) is 5.18. The van der Waals surface area contributed by atoms with Gasteiger partial charge >= 0.3 is 10.9 Å². The number of carbonyl (C=O) groups is 1. The quantitative estimate of drug-likeness (QED) is 0.201. The number of anilines is 1. The van der Waals surface area contributed by atoms with Crippen LogP contribution in [0.1, 0.15) is 18.2 Å². The van der Waals surface area contributed by atoms with Crippen molar-refractivity contribution in [1.29, 1.82) is 0 Å². The largest absolute Gasteiger partial charge is 0.387 e. The third kappa shape index (κ3) is 4.32. The number of hydrogen-bond acceptors (Lipinski definition) is 7. The molecule has 1 saturated heterocycles. The number of nitrogens with one attached hydrogen (secondary N) is 1. The maximum atomic E-state index is 11.7. The first kappa shape index (κ1) is 22.1. The maximum absolute atomic E-state index is 11.7. The number of rotatable bonds is 5. The monoisotopic (exact) mass is 559 g/mol. The van der Waals surface area contributed by atoms with Gasteiger partial charge in [-0.3, -0.25) is 9.36 Å². The number of aliphatic hydroxyl groups excluding tert-OH is 2. The fraction of sp³-hybridized carbons (Fsp3) is 0.368. The molecule has 0 radical (unpaired) electrons. The van der Waals surface area contributed by atoms with Gasteiger partial charge in [-0.2, -0.15) is 4.98 Å². The molecule has 1 amide bonds. The van der Waals surface area contributed by atoms with Gasteiger partial charge in [-0.05, 0) is 51.9 Å². The fourth-order valence-corrected chi connectivity index (χ4v) is 4.48. The molecule has 4 rings (SSSR count). The molecule has 1 aliphatic rings. The Kier molecular flexibility index (Phi) is 6.30. The van der Waals surface area contributed by atoms with Crippen molar-refractivity contribution in [3.05, 3.63) is 45.0 Å². The Bertz CT molecular complexity index is 1140. The average Bonchev–Trinajstić information content (AvgIpc) is 3.20. The number of hydrogen-bond donors (Lipinski definition) is 4. The SMILES string of the molecule is CNC(=O)C[C@H]1O[C@@H]([n+]2cn(Cc3cccc(I)c3)c3c(N)nc(Cl)nc32)[C@H](O)[C@@H]1O. The van der Waals surface area contributed by atoms with E-state index in [4.69, 9.17) is 22.1 Å². The number of aromatic nitrogens is 4. The van der Waals surface area contributed by atoms with Crippen LogP contribution in [0.4, 0.5) is 5.82 Å². The number of amides is 1. The van der Waals surface area contributed by atoms with Crippen molar-refractivity contribution in [1.82, 2.24) is 19.9 Å². The molecule has 10 nitrogen and oxygen atoms in total. The van der Waals surface area contributed by atoms with E-state index in [0.717, 1.165) is 9.13 Å². The molecule has 2 aromatic heterocycles. The summed E-state index contributed by atoms with van der Waals surface area (Å²) in [7, 11) is 1.49. The number of imidazole rings is 1. The van der Waals surface area contributed by atoms with Crippen molar-refractivity contribution in [2.45, 2.75) is 37.5 Å². The van der Waals surface area contributed by atoms with Crippen molar-refractivity contribution in [2.24, 2.45) is 0 Å². The Hall–Kier alpha value is -2.06.